The second-order valence-corrected chi connectivity index (χ2v) is 7.91. The van der Waals surface area contributed by atoms with Crippen LogP contribution in [0.4, 0.5) is 0 Å². The highest BCUT2D eigenvalue weighted by Gasteiger charge is 2.46. The van der Waals surface area contributed by atoms with Crippen LogP contribution in [-0.4, -0.2) is 42.5 Å². The Bertz CT molecular complexity index is 886. The molecule has 0 bridgehead atoms. The zero-order valence-corrected chi connectivity index (χ0v) is 16.4. The van der Waals surface area contributed by atoms with Crippen LogP contribution in [0.5, 0.6) is 5.75 Å². The van der Waals surface area contributed by atoms with Gasteiger partial charge in [0.25, 0.3) is 5.91 Å². The minimum Gasteiger partial charge on any atom is -0.497 e. The van der Waals surface area contributed by atoms with Crippen LogP contribution < -0.4 is 10.1 Å². The molecule has 1 atom stereocenters. The maximum Gasteiger partial charge on any atom is 0.254 e. The standard InChI is InChI=1S/C23H26N2O3/c1-16-14-18(28-2)8-9-19(16)22(27)25-12-10-23(11-13-25)15-20(21(26)24-23)17-6-4-3-5-7-17/h3-9,14,20H,10-13,15H2,1-2H3,(H,24,26)/t20-/m0/s1. The van der Waals surface area contributed by atoms with Crippen molar-refractivity contribution in [3.8, 4) is 5.75 Å². The third-order valence-electron chi connectivity index (χ3n) is 6.17. The van der Waals surface area contributed by atoms with Crippen LogP contribution in [0.2, 0.25) is 0 Å². The predicted octanol–water partition coefficient (Wildman–Crippen LogP) is 3.28. The largest absolute Gasteiger partial charge is 0.497 e. The van der Waals surface area contributed by atoms with E-state index in [4.69, 9.17) is 4.74 Å². The van der Waals surface area contributed by atoms with Crippen molar-refractivity contribution in [1.29, 1.82) is 0 Å². The average Bonchev–Trinajstić information content (AvgIpc) is 3.04. The van der Waals surface area contributed by atoms with Gasteiger partial charge in [-0.1, -0.05) is 30.3 Å². The number of ether oxygens (including phenoxy) is 1. The van der Waals surface area contributed by atoms with E-state index in [1.54, 1.807) is 7.11 Å². The normalized spacial score (nSPS) is 20.9. The fourth-order valence-electron chi connectivity index (χ4n) is 4.48. The van der Waals surface area contributed by atoms with E-state index >= 15 is 0 Å². The minimum atomic E-state index is -0.191. The van der Waals surface area contributed by atoms with Gasteiger partial charge in [0.2, 0.25) is 5.91 Å². The summed E-state index contributed by atoms with van der Waals surface area (Å²) in [7, 11) is 1.62. The number of carbonyl (C=O) groups excluding carboxylic acids is 2. The highest BCUT2D eigenvalue weighted by molar-refractivity contribution is 5.96. The molecule has 1 N–H and O–H groups in total. The second-order valence-electron chi connectivity index (χ2n) is 7.91. The van der Waals surface area contributed by atoms with Crippen molar-refractivity contribution >= 4 is 11.8 Å². The summed E-state index contributed by atoms with van der Waals surface area (Å²) in [5, 5.41) is 3.25. The van der Waals surface area contributed by atoms with Gasteiger partial charge in [-0.3, -0.25) is 9.59 Å². The third kappa shape index (κ3) is 3.37. The molecule has 0 aliphatic carbocycles. The molecule has 1 spiro atoms. The van der Waals surface area contributed by atoms with Gasteiger partial charge in [-0.15, -0.1) is 0 Å². The van der Waals surface area contributed by atoms with Gasteiger partial charge >= 0.3 is 0 Å². The molecule has 0 aromatic heterocycles. The Morgan fingerprint density at radius 3 is 2.50 bits per heavy atom. The Morgan fingerprint density at radius 2 is 1.86 bits per heavy atom. The fourth-order valence-corrected chi connectivity index (χ4v) is 4.48. The molecule has 2 amide bonds. The van der Waals surface area contributed by atoms with E-state index in [-0.39, 0.29) is 23.3 Å². The Labute approximate surface area is 165 Å². The Hall–Kier alpha value is -2.82. The maximum atomic E-state index is 13.0. The van der Waals surface area contributed by atoms with Crippen molar-refractivity contribution in [3.05, 3.63) is 65.2 Å². The molecule has 4 rings (SSSR count). The zero-order valence-electron chi connectivity index (χ0n) is 16.4. The lowest BCUT2D eigenvalue weighted by atomic mass is 9.81. The van der Waals surface area contributed by atoms with Crippen LogP contribution in [0.1, 0.15) is 46.7 Å². The van der Waals surface area contributed by atoms with E-state index < -0.39 is 0 Å². The smallest absolute Gasteiger partial charge is 0.254 e. The Morgan fingerprint density at radius 1 is 1.14 bits per heavy atom. The maximum absolute atomic E-state index is 13.0. The number of methoxy groups -OCH3 is 1. The number of benzene rings is 2. The quantitative estimate of drug-likeness (QED) is 0.892. The predicted molar refractivity (Wildman–Crippen MR) is 108 cm³/mol. The summed E-state index contributed by atoms with van der Waals surface area (Å²) >= 11 is 0. The number of hydrogen-bond acceptors (Lipinski definition) is 3. The topological polar surface area (TPSA) is 58.6 Å². The molecule has 146 valence electrons. The van der Waals surface area contributed by atoms with E-state index in [0.29, 0.717) is 13.1 Å². The van der Waals surface area contributed by atoms with E-state index in [2.05, 4.69) is 5.32 Å². The summed E-state index contributed by atoms with van der Waals surface area (Å²) in [6.45, 7) is 3.25. The first-order valence-corrected chi connectivity index (χ1v) is 9.82. The van der Waals surface area contributed by atoms with E-state index in [1.165, 1.54) is 0 Å². The highest BCUT2D eigenvalue weighted by Crippen LogP contribution is 2.39. The molecule has 2 heterocycles. The second kappa shape index (κ2) is 7.30. The molecular weight excluding hydrogens is 352 g/mol. The van der Waals surface area contributed by atoms with Gasteiger partial charge in [-0.2, -0.15) is 0 Å². The van der Waals surface area contributed by atoms with Crippen molar-refractivity contribution in [2.45, 2.75) is 37.6 Å². The van der Waals surface area contributed by atoms with Crippen molar-refractivity contribution in [2.24, 2.45) is 0 Å². The van der Waals surface area contributed by atoms with E-state index in [0.717, 1.165) is 41.7 Å². The first-order valence-electron chi connectivity index (χ1n) is 9.82. The first kappa shape index (κ1) is 18.5. The van der Waals surface area contributed by atoms with Crippen LogP contribution in [0.15, 0.2) is 48.5 Å². The molecule has 2 aliphatic rings. The van der Waals surface area contributed by atoms with Gasteiger partial charge < -0.3 is 15.0 Å². The van der Waals surface area contributed by atoms with Crippen molar-refractivity contribution in [1.82, 2.24) is 10.2 Å². The van der Waals surface area contributed by atoms with Crippen molar-refractivity contribution < 1.29 is 14.3 Å². The number of nitrogens with one attached hydrogen (secondary N) is 1. The van der Waals surface area contributed by atoms with E-state index in [1.807, 2.05) is 60.4 Å². The molecule has 2 aromatic carbocycles. The van der Waals surface area contributed by atoms with Gasteiger partial charge in [0, 0.05) is 24.2 Å². The summed E-state index contributed by atoms with van der Waals surface area (Å²) in [6.07, 6.45) is 2.39. The molecule has 2 fully saturated rings. The summed E-state index contributed by atoms with van der Waals surface area (Å²) in [5.74, 6) is 0.829. The first-order chi connectivity index (χ1) is 13.5. The average molecular weight is 378 g/mol. The Balaban J connectivity index is 1.43. The van der Waals surface area contributed by atoms with Crippen LogP contribution in [-0.2, 0) is 4.79 Å². The molecule has 5 nitrogen and oxygen atoms in total. The van der Waals surface area contributed by atoms with E-state index in [9.17, 15) is 9.59 Å². The number of aryl methyl sites for hydroxylation is 1. The lowest BCUT2D eigenvalue weighted by Crippen LogP contribution is -2.52. The molecule has 2 aromatic rings. The summed E-state index contributed by atoms with van der Waals surface area (Å²) in [4.78, 5) is 27.5. The fraction of sp³-hybridized carbons (Fsp3) is 0.391. The monoisotopic (exact) mass is 378 g/mol. The number of amides is 2. The number of rotatable bonds is 3. The zero-order chi connectivity index (χ0) is 19.7. The molecular formula is C23H26N2O3. The number of hydrogen-bond donors (Lipinski definition) is 1. The van der Waals surface area contributed by atoms with Gasteiger partial charge in [-0.05, 0) is 55.5 Å². The molecule has 0 unspecified atom stereocenters. The molecule has 2 aliphatic heterocycles. The summed E-state index contributed by atoms with van der Waals surface area (Å²) in [5.41, 5.74) is 2.52. The van der Waals surface area contributed by atoms with Crippen molar-refractivity contribution in [3.63, 3.8) is 0 Å². The van der Waals surface area contributed by atoms with Gasteiger partial charge in [-0.25, -0.2) is 0 Å². The lowest BCUT2D eigenvalue weighted by Gasteiger charge is -2.39. The van der Waals surface area contributed by atoms with Gasteiger partial charge in [0.15, 0.2) is 0 Å². The third-order valence-corrected chi connectivity index (χ3v) is 6.17. The van der Waals surface area contributed by atoms with Crippen molar-refractivity contribution in [2.75, 3.05) is 20.2 Å². The molecule has 5 heteroatoms. The number of nitrogens with zero attached hydrogens (tertiary/aromatic N) is 1. The van der Waals surface area contributed by atoms with Gasteiger partial charge in [0.05, 0.1) is 13.0 Å². The number of carbonyl (C=O) groups is 2. The molecule has 0 radical (unpaired) electrons. The van der Waals surface area contributed by atoms with Crippen LogP contribution in [0.3, 0.4) is 0 Å². The number of likely N-dealkylation sites (tertiary alicyclic amines) is 1. The van der Waals surface area contributed by atoms with Crippen LogP contribution in [0, 0.1) is 6.92 Å². The minimum absolute atomic E-state index is 0.0546. The van der Waals surface area contributed by atoms with Crippen LogP contribution in [0.25, 0.3) is 0 Å². The van der Waals surface area contributed by atoms with Gasteiger partial charge in [0.1, 0.15) is 5.75 Å². The lowest BCUT2D eigenvalue weighted by molar-refractivity contribution is -0.121. The van der Waals surface area contributed by atoms with Crippen LogP contribution >= 0.6 is 0 Å². The molecule has 0 saturated carbocycles. The molecule has 2 saturated heterocycles. The molecule has 28 heavy (non-hydrogen) atoms. The summed E-state index contributed by atoms with van der Waals surface area (Å²) < 4.78 is 5.23. The Kier molecular flexibility index (Phi) is 4.84. The summed E-state index contributed by atoms with van der Waals surface area (Å²) in [6, 6.07) is 15.5. The highest BCUT2D eigenvalue weighted by atomic mass is 16.5. The SMILES string of the molecule is COc1ccc(C(=O)N2CCC3(CC2)C[C@@H](c2ccccc2)C(=O)N3)c(C)c1. The number of piperidine rings is 1.